The molecule has 0 aromatic heterocycles. The van der Waals surface area contributed by atoms with Gasteiger partial charge in [-0.2, -0.15) is 4.72 Å². The summed E-state index contributed by atoms with van der Waals surface area (Å²) in [6.45, 7) is 7.57. The zero-order valence-corrected chi connectivity index (χ0v) is 19.6. The van der Waals surface area contributed by atoms with Crippen molar-refractivity contribution in [3.63, 3.8) is 0 Å². The molecule has 0 spiro atoms. The topological polar surface area (TPSA) is 88.2 Å². The van der Waals surface area contributed by atoms with Crippen LogP contribution in [-0.2, 0) is 21.4 Å². The molecule has 8 nitrogen and oxygen atoms in total. The summed E-state index contributed by atoms with van der Waals surface area (Å²) < 4.78 is 38.2. The lowest BCUT2D eigenvalue weighted by molar-refractivity contribution is -0.134. The summed E-state index contributed by atoms with van der Waals surface area (Å²) in [4.78, 5) is 16.9. The van der Waals surface area contributed by atoms with Crippen molar-refractivity contribution < 1.29 is 22.7 Å². The first kappa shape index (κ1) is 24.0. The van der Waals surface area contributed by atoms with Gasteiger partial charge in [-0.15, -0.1) is 0 Å². The van der Waals surface area contributed by atoms with Crippen LogP contribution in [0.1, 0.15) is 19.4 Å². The van der Waals surface area contributed by atoms with Gasteiger partial charge < -0.3 is 14.4 Å². The van der Waals surface area contributed by atoms with Crippen molar-refractivity contribution in [3.8, 4) is 11.5 Å². The van der Waals surface area contributed by atoms with Crippen LogP contribution in [-0.4, -0.2) is 70.1 Å². The minimum absolute atomic E-state index is 0.0955. The molecule has 1 fully saturated rings. The van der Waals surface area contributed by atoms with Crippen LogP contribution in [0.5, 0.6) is 11.5 Å². The third-order valence-corrected chi connectivity index (χ3v) is 6.95. The molecular weight excluding hydrogens is 430 g/mol. The average Bonchev–Trinajstić information content (AvgIpc) is 2.80. The highest BCUT2D eigenvalue weighted by Gasteiger charge is 2.28. The first-order valence-corrected chi connectivity index (χ1v) is 12.2. The number of ether oxygens (including phenoxy) is 2. The van der Waals surface area contributed by atoms with E-state index in [2.05, 4.69) is 21.8 Å². The highest BCUT2D eigenvalue weighted by Crippen LogP contribution is 2.17. The number of nitrogens with zero attached hydrogens (tertiary/aromatic N) is 2. The minimum Gasteiger partial charge on any atom is -0.497 e. The van der Waals surface area contributed by atoms with E-state index in [0.717, 1.165) is 25.4 Å². The van der Waals surface area contributed by atoms with Gasteiger partial charge in [-0.1, -0.05) is 12.1 Å². The number of benzene rings is 2. The first-order valence-electron chi connectivity index (χ1n) is 10.7. The van der Waals surface area contributed by atoms with Crippen molar-refractivity contribution >= 4 is 15.9 Å². The Balaban J connectivity index is 1.50. The van der Waals surface area contributed by atoms with Gasteiger partial charge in [0.05, 0.1) is 24.7 Å². The van der Waals surface area contributed by atoms with E-state index in [9.17, 15) is 13.2 Å². The normalized spacial score (nSPS) is 15.9. The number of sulfonamides is 1. The number of hydrogen-bond donors (Lipinski definition) is 1. The first-order chi connectivity index (χ1) is 15.3. The van der Waals surface area contributed by atoms with Gasteiger partial charge in [-0.25, -0.2) is 8.42 Å². The Kier molecular flexibility index (Phi) is 8.11. The van der Waals surface area contributed by atoms with Crippen LogP contribution < -0.4 is 14.2 Å². The number of rotatable bonds is 9. The molecule has 2 aromatic carbocycles. The van der Waals surface area contributed by atoms with Crippen LogP contribution in [0.3, 0.4) is 0 Å². The Morgan fingerprint density at radius 3 is 2.16 bits per heavy atom. The smallest absolute Gasteiger partial charge is 0.241 e. The lowest BCUT2D eigenvalue weighted by Crippen LogP contribution is -2.53. The molecule has 0 unspecified atom stereocenters. The monoisotopic (exact) mass is 461 g/mol. The van der Waals surface area contributed by atoms with E-state index in [4.69, 9.17) is 9.47 Å². The van der Waals surface area contributed by atoms with E-state index in [1.165, 1.54) is 24.8 Å². The molecule has 0 aliphatic carbocycles. The lowest BCUT2D eigenvalue weighted by atomic mass is 10.2. The highest BCUT2D eigenvalue weighted by atomic mass is 32.2. The maximum atomic E-state index is 12.8. The summed E-state index contributed by atoms with van der Waals surface area (Å²) in [6.07, 6.45) is 0. The van der Waals surface area contributed by atoms with Crippen LogP contribution in [0, 0.1) is 0 Å². The largest absolute Gasteiger partial charge is 0.497 e. The summed E-state index contributed by atoms with van der Waals surface area (Å²) >= 11 is 0. The zero-order valence-electron chi connectivity index (χ0n) is 18.8. The van der Waals surface area contributed by atoms with E-state index in [1.54, 1.807) is 24.0 Å². The van der Waals surface area contributed by atoms with Gasteiger partial charge in [0.1, 0.15) is 11.5 Å². The molecule has 1 heterocycles. The molecule has 32 heavy (non-hydrogen) atoms. The Hall–Kier alpha value is -2.62. The molecule has 1 aliphatic rings. The minimum atomic E-state index is -3.80. The van der Waals surface area contributed by atoms with Crippen molar-refractivity contribution in [1.82, 2.24) is 14.5 Å². The molecule has 0 saturated carbocycles. The van der Waals surface area contributed by atoms with Crippen LogP contribution >= 0.6 is 0 Å². The van der Waals surface area contributed by atoms with Gasteiger partial charge in [-0.3, -0.25) is 9.69 Å². The van der Waals surface area contributed by atoms with Gasteiger partial charge in [0, 0.05) is 32.7 Å². The zero-order chi connectivity index (χ0) is 23.1. The molecule has 2 aromatic rings. The second-order valence-corrected chi connectivity index (χ2v) is 9.41. The van der Waals surface area contributed by atoms with Gasteiger partial charge >= 0.3 is 0 Å². The predicted molar refractivity (Wildman–Crippen MR) is 122 cm³/mol. The standard InChI is InChI=1S/C23H31N3O5S/c1-4-31-21-7-5-19(6-8-21)17-25-13-15-26(16-14-25)23(27)18(2)24-32(28,29)22-11-9-20(30-3)10-12-22/h5-12,18,24H,4,13-17H2,1-3H3/t18-/m0/s1. The quantitative estimate of drug-likeness (QED) is 0.615. The maximum Gasteiger partial charge on any atom is 0.241 e. The fourth-order valence-corrected chi connectivity index (χ4v) is 4.82. The number of piperazine rings is 1. The van der Waals surface area contributed by atoms with Crippen LogP contribution in [0.25, 0.3) is 0 Å². The maximum absolute atomic E-state index is 12.8. The Morgan fingerprint density at radius 1 is 1.00 bits per heavy atom. The molecule has 1 saturated heterocycles. The molecule has 3 rings (SSSR count). The number of methoxy groups -OCH3 is 1. The summed E-state index contributed by atoms with van der Waals surface area (Å²) in [7, 11) is -2.29. The highest BCUT2D eigenvalue weighted by molar-refractivity contribution is 7.89. The fourth-order valence-electron chi connectivity index (χ4n) is 3.62. The van der Waals surface area contributed by atoms with Crippen molar-refractivity contribution in [2.24, 2.45) is 0 Å². The van der Waals surface area contributed by atoms with Crippen LogP contribution in [0.2, 0.25) is 0 Å². The van der Waals surface area contributed by atoms with Crippen molar-refractivity contribution in [2.45, 2.75) is 31.3 Å². The molecule has 1 amide bonds. The van der Waals surface area contributed by atoms with E-state index in [-0.39, 0.29) is 10.8 Å². The van der Waals surface area contributed by atoms with Crippen molar-refractivity contribution in [2.75, 3.05) is 39.9 Å². The third-order valence-electron chi connectivity index (χ3n) is 5.40. The number of amides is 1. The summed E-state index contributed by atoms with van der Waals surface area (Å²) in [6, 6.07) is 13.3. The molecule has 0 radical (unpaired) electrons. The molecule has 1 N–H and O–H groups in total. The van der Waals surface area contributed by atoms with Gasteiger partial charge in [0.15, 0.2) is 0 Å². The second-order valence-electron chi connectivity index (χ2n) is 7.70. The van der Waals surface area contributed by atoms with Gasteiger partial charge in [0.2, 0.25) is 15.9 Å². The van der Waals surface area contributed by atoms with Gasteiger partial charge in [-0.05, 0) is 55.8 Å². The Morgan fingerprint density at radius 2 is 1.59 bits per heavy atom. The van der Waals surface area contributed by atoms with Crippen LogP contribution in [0.15, 0.2) is 53.4 Å². The Labute approximate surface area is 190 Å². The number of hydrogen-bond acceptors (Lipinski definition) is 6. The number of nitrogens with one attached hydrogen (secondary N) is 1. The summed E-state index contributed by atoms with van der Waals surface area (Å²) in [5.74, 6) is 1.21. The SMILES string of the molecule is CCOc1ccc(CN2CCN(C(=O)[C@H](C)NS(=O)(=O)c3ccc(OC)cc3)CC2)cc1. The second kappa shape index (κ2) is 10.8. The third kappa shape index (κ3) is 6.21. The lowest BCUT2D eigenvalue weighted by Gasteiger charge is -2.36. The van der Waals surface area contributed by atoms with E-state index < -0.39 is 16.1 Å². The molecule has 9 heteroatoms. The number of carbonyl (C=O) groups is 1. The molecular formula is C23H31N3O5S. The summed E-state index contributed by atoms with van der Waals surface area (Å²) in [5.41, 5.74) is 1.19. The van der Waals surface area contributed by atoms with Crippen LogP contribution in [0.4, 0.5) is 0 Å². The molecule has 1 aliphatic heterocycles. The van der Waals surface area contributed by atoms with Crippen molar-refractivity contribution in [1.29, 1.82) is 0 Å². The van der Waals surface area contributed by atoms with E-state index in [0.29, 0.717) is 25.4 Å². The molecule has 1 atom stereocenters. The van der Waals surface area contributed by atoms with Gasteiger partial charge in [0.25, 0.3) is 0 Å². The average molecular weight is 462 g/mol. The predicted octanol–water partition coefficient (Wildman–Crippen LogP) is 2.11. The Bertz CT molecular complexity index is 985. The number of carbonyl (C=O) groups excluding carboxylic acids is 1. The van der Waals surface area contributed by atoms with E-state index >= 15 is 0 Å². The molecule has 174 valence electrons. The van der Waals surface area contributed by atoms with E-state index in [1.807, 2.05) is 19.1 Å². The fraction of sp³-hybridized carbons (Fsp3) is 0.435. The summed E-state index contributed by atoms with van der Waals surface area (Å²) in [5, 5.41) is 0. The van der Waals surface area contributed by atoms with Crippen molar-refractivity contribution in [3.05, 3.63) is 54.1 Å². The molecule has 0 bridgehead atoms.